The fourth-order valence-corrected chi connectivity index (χ4v) is 2.83. The van der Waals surface area contributed by atoms with Gasteiger partial charge in [-0.1, -0.05) is 29.4 Å². The third kappa shape index (κ3) is 2.64. The first-order valence-electron chi connectivity index (χ1n) is 6.66. The molecular weight excluding hydrogens is 314 g/mol. The number of anilines is 1. The van der Waals surface area contributed by atoms with Crippen LogP contribution in [-0.2, 0) is 0 Å². The summed E-state index contributed by atoms with van der Waals surface area (Å²) in [5, 5.41) is 18.8. The second-order valence-corrected chi connectivity index (χ2v) is 5.49. The quantitative estimate of drug-likeness (QED) is 0.597. The lowest BCUT2D eigenvalue weighted by atomic mass is 10.2. The van der Waals surface area contributed by atoms with E-state index in [1.807, 2.05) is 36.4 Å². The minimum Gasteiger partial charge on any atom is -0.288 e. The highest BCUT2D eigenvalue weighted by Gasteiger charge is 2.14. The Labute approximate surface area is 133 Å². The first-order chi connectivity index (χ1) is 11.3. The molecule has 112 valence electrons. The van der Waals surface area contributed by atoms with Crippen molar-refractivity contribution in [3.8, 4) is 10.7 Å². The van der Waals surface area contributed by atoms with Crippen LogP contribution in [0.1, 0.15) is 10.5 Å². The van der Waals surface area contributed by atoms with Crippen LogP contribution < -0.4 is 5.32 Å². The van der Waals surface area contributed by atoms with E-state index in [9.17, 15) is 4.79 Å². The number of nitrogens with one attached hydrogen (secondary N) is 2. The molecule has 23 heavy (non-hydrogen) atoms. The summed E-state index contributed by atoms with van der Waals surface area (Å²) in [6.07, 6.45) is 0. The Hall–Kier alpha value is -3.20. The molecule has 0 spiro atoms. The second kappa shape index (κ2) is 5.54. The molecule has 1 aromatic carbocycles. The molecule has 3 heterocycles. The van der Waals surface area contributed by atoms with Gasteiger partial charge in [-0.05, 0) is 22.6 Å². The molecule has 0 aliphatic heterocycles. The van der Waals surface area contributed by atoms with Crippen molar-refractivity contribution in [1.29, 1.82) is 0 Å². The standard InChI is InChI=1S/C14H9N7OS/c22-12(17-14-18-20-21-19-14)11-7-23-13(16-11)10-6-5-8-3-1-2-4-9(8)15-10/h1-7H,(H2,17,18,19,20,21,22). The Morgan fingerprint density at radius 1 is 1.13 bits per heavy atom. The van der Waals surface area contributed by atoms with Crippen molar-refractivity contribution in [2.75, 3.05) is 5.32 Å². The number of hydrogen-bond donors (Lipinski definition) is 2. The fraction of sp³-hybridized carbons (Fsp3) is 0. The molecule has 0 aliphatic carbocycles. The van der Waals surface area contributed by atoms with E-state index >= 15 is 0 Å². The summed E-state index contributed by atoms with van der Waals surface area (Å²) >= 11 is 1.36. The number of aromatic amines is 1. The Balaban J connectivity index is 1.62. The number of fused-ring (bicyclic) bond motifs is 1. The summed E-state index contributed by atoms with van der Waals surface area (Å²) in [5.41, 5.74) is 1.91. The molecule has 0 saturated heterocycles. The van der Waals surface area contributed by atoms with Crippen molar-refractivity contribution in [2.45, 2.75) is 0 Å². The third-order valence-electron chi connectivity index (χ3n) is 3.13. The van der Waals surface area contributed by atoms with Gasteiger partial charge in [0.1, 0.15) is 10.7 Å². The monoisotopic (exact) mass is 323 g/mol. The van der Waals surface area contributed by atoms with Crippen LogP contribution in [0.5, 0.6) is 0 Å². The van der Waals surface area contributed by atoms with E-state index in [2.05, 4.69) is 35.9 Å². The summed E-state index contributed by atoms with van der Waals surface area (Å²) in [6, 6.07) is 11.7. The lowest BCUT2D eigenvalue weighted by molar-refractivity contribution is 0.102. The van der Waals surface area contributed by atoms with Gasteiger partial charge in [0.05, 0.1) is 11.2 Å². The van der Waals surface area contributed by atoms with Crippen molar-refractivity contribution in [2.24, 2.45) is 0 Å². The molecule has 0 bridgehead atoms. The van der Waals surface area contributed by atoms with E-state index in [0.29, 0.717) is 5.01 Å². The second-order valence-electron chi connectivity index (χ2n) is 4.63. The van der Waals surface area contributed by atoms with Crippen molar-refractivity contribution in [1.82, 2.24) is 30.6 Å². The third-order valence-corrected chi connectivity index (χ3v) is 4.00. The largest absolute Gasteiger partial charge is 0.288 e. The van der Waals surface area contributed by atoms with E-state index in [1.165, 1.54) is 11.3 Å². The van der Waals surface area contributed by atoms with Gasteiger partial charge in [-0.15, -0.1) is 11.3 Å². The number of tetrazole rings is 1. The molecule has 0 saturated carbocycles. The molecule has 0 atom stereocenters. The minimum absolute atomic E-state index is 0.174. The smallest absolute Gasteiger partial charge is 0.277 e. The van der Waals surface area contributed by atoms with Crippen LogP contribution in [0.2, 0.25) is 0 Å². The average Bonchev–Trinajstić information content (AvgIpc) is 3.26. The van der Waals surface area contributed by atoms with Crippen molar-refractivity contribution < 1.29 is 4.79 Å². The van der Waals surface area contributed by atoms with E-state index in [4.69, 9.17) is 0 Å². The Bertz CT molecular complexity index is 980. The van der Waals surface area contributed by atoms with Gasteiger partial charge in [0.15, 0.2) is 0 Å². The predicted molar refractivity (Wildman–Crippen MR) is 85.0 cm³/mol. The maximum absolute atomic E-state index is 12.1. The number of carbonyl (C=O) groups is 1. The Morgan fingerprint density at radius 3 is 2.91 bits per heavy atom. The van der Waals surface area contributed by atoms with Crippen molar-refractivity contribution in [3.63, 3.8) is 0 Å². The first-order valence-corrected chi connectivity index (χ1v) is 7.54. The minimum atomic E-state index is -0.383. The van der Waals surface area contributed by atoms with Crippen LogP contribution in [0.25, 0.3) is 21.6 Å². The average molecular weight is 323 g/mol. The normalized spacial score (nSPS) is 10.8. The molecule has 0 fully saturated rings. The molecule has 3 aromatic heterocycles. The molecule has 0 unspecified atom stereocenters. The number of para-hydroxylation sites is 1. The van der Waals surface area contributed by atoms with Crippen molar-refractivity contribution >= 4 is 34.1 Å². The number of amides is 1. The predicted octanol–water partition coefficient (Wildman–Crippen LogP) is 2.12. The van der Waals surface area contributed by atoms with E-state index < -0.39 is 0 Å². The number of hydrogen-bond acceptors (Lipinski definition) is 7. The molecule has 2 N–H and O–H groups in total. The lowest BCUT2D eigenvalue weighted by Crippen LogP contribution is -2.13. The number of pyridine rings is 1. The number of benzene rings is 1. The van der Waals surface area contributed by atoms with Crippen molar-refractivity contribution in [3.05, 3.63) is 47.5 Å². The highest BCUT2D eigenvalue weighted by molar-refractivity contribution is 7.13. The number of thiazole rings is 1. The molecule has 9 heteroatoms. The maximum atomic E-state index is 12.1. The van der Waals surface area contributed by atoms with Crippen LogP contribution in [0, 0.1) is 0 Å². The summed E-state index contributed by atoms with van der Waals surface area (Å²) in [4.78, 5) is 21.0. The molecule has 0 aliphatic rings. The van der Waals surface area contributed by atoms with Crippen LogP contribution in [0.15, 0.2) is 41.8 Å². The Kier molecular flexibility index (Phi) is 3.24. The first kappa shape index (κ1) is 13.5. The van der Waals surface area contributed by atoms with Gasteiger partial charge < -0.3 is 0 Å². The summed E-state index contributed by atoms with van der Waals surface area (Å²) in [5.74, 6) is -0.208. The lowest BCUT2D eigenvalue weighted by Gasteiger charge is -1.99. The molecule has 4 aromatic rings. The van der Waals surface area contributed by atoms with Crippen LogP contribution >= 0.6 is 11.3 Å². The van der Waals surface area contributed by atoms with Crippen LogP contribution in [-0.4, -0.2) is 36.5 Å². The van der Waals surface area contributed by atoms with Gasteiger partial charge in [-0.25, -0.2) is 15.1 Å². The number of H-pyrrole nitrogens is 1. The summed E-state index contributed by atoms with van der Waals surface area (Å²) in [7, 11) is 0. The number of carbonyl (C=O) groups excluding carboxylic acids is 1. The summed E-state index contributed by atoms with van der Waals surface area (Å²) in [6.45, 7) is 0. The molecule has 0 radical (unpaired) electrons. The van der Waals surface area contributed by atoms with Crippen LogP contribution in [0.4, 0.5) is 5.95 Å². The van der Waals surface area contributed by atoms with Crippen LogP contribution in [0.3, 0.4) is 0 Å². The SMILES string of the molecule is O=C(Nc1nnn[nH]1)c1csc(-c2ccc3ccccc3n2)n1. The molecule has 4 rings (SSSR count). The van der Waals surface area contributed by atoms with E-state index in [0.717, 1.165) is 16.6 Å². The zero-order chi connectivity index (χ0) is 15.6. The van der Waals surface area contributed by atoms with Gasteiger partial charge in [-0.2, -0.15) is 0 Å². The van der Waals surface area contributed by atoms with E-state index in [1.54, 1.807) is 5.38 Å². The topological polar surface area (TPSA) is 109 Å². The number of aromatic nitrogens is 6. The van der Waals surface area contributed by atoms with Gasteiger partial charge in [0.25, 0.3) is 5.91 Å². The van der Waals surface area contributed by atoms with Gasteiger partial charge in [0, 0.05) is 10.8 Å². The molecule has 8 nitrogen and oxygen atoms in total. The highest BCUT2D eigenvalue weighted by atomic mass is 32.1. The van der Waals surface area contributed by atoms with Gasteiger partial charge in [0.2, 0.25) is 5.95 Å². The Morgan fingerprint density at radius 2 is 2.04 bits per heavy atom. The molecular formula is C14H9N7OS. The van der Waals surface area contributed by atoms with E-state index in [-0.39, 0.29) is 17.5 Å². The zero-order valence-corrected chi connectivity index (χ0v) is 12.4. The fourth-order valence-electron chi connectivity index (χ4n) is 2.06. The van der Waals surface area contributed by atoms with Gasteiger partial charge in [-0.3, -0.25) is 10.1 Å². The highest BCUT2D eigenvalue weighted by Crippen LogP contribution is 2.24. The molecule has 1 amide bonds. The zero-order valence-electron chi connectivity index (χ0n) is 11.6. The summed E-state index contributed by atoms with van der Waals surface area (Å²) < 4.78 is 0. The number of rotatable bonds is 3. The maximum Gasteiger partial charge on any atom is 0.277 e. The number of nitrogens with zero attached hydrogens (tertiary/aromatic N) is 5. The van der Waals surface area contributed by atoms with Gasteiger partial charge >= 0.3 is 0 Å².